The van der Waals surface area contributed by atoms with Crippen LogP contribution in [0, 0.1) is 0 Å². The smallest absolute Gasteiger partial charge is 0.416 e. The standard InChI is InChI=1S/C21H16F3NO4/c1-25-17-8-5-14(10-15(17)11-19(25)27)18(26)12-29-20(28)9-4-13-2-6-16(7-3-13)21(22,23)24/h2-10H,11-12H2,1H3/b9-4+. The Hall–Kier alpha value is -3.42. The van der Waals surface area contributed by atoms with Crippen molar-refractivity contribution in [2.24, 2.45) is 0 Å². The van der Waals surface area contributed by atoms with Crippen molar-refractivity contribution >= 4 is 29.4 Å². The van der Waals surface area contributed by atoms with Crippen molar-refractivity contribution in [2.45, 2.75) is 12.6 Å². The van der Waals surface area contributed by atoms with Crippen LogP contribution in [0.2, 0.25) is 0 Å². The molecule has 0 unspecified atom stereocenters. The van der Waals surface area contributed by atoms with Crippen molar-refractivity contribution in [1.29, 1.82) is 0 Å². The lowest BCUT2D eigenvalue weighted by molar-refractivity contribution is -0.138. The van der Waals surface area contributed by atoms with Crippen molar-refractivity contribution in [2.75, 3.05) is 18.6 Å². The van der Waals surface area contributed by atoms with Crippen LogP contribution in [0.5, 0.6) is 0 Å². The molecule has 0 saturated carbocycles. The zero-order valence-electron chi connectivity index (χ0n) is 15.3. The summed E-state index contributed by atoms with van der Waals surface area (Å²) in [7, 11) is 1.65. The minimum Gasteiger partial charge on any atom is -0.454 e. The summed E-state index contributed by atoms with van der Waals surface area (Å²) in [6, 6.07) is 9.09. The summed E-state index contributed by atoms with van der Waals surface area (Å²) in [6.45, 7) is -0.487. The monoisotopic (exact) mass is 403 g/mol. The van der Waals surface area contributed by atoms with E-state index in [0.717, 1.165) is 29.5 Å². The normalized spacial score (nSPS) is 13.7. The van der Waals surface area contributed by atoms with Crippen molar-refractivity contribution in [3.8, 4) is 0 Å². The van der Waals surface area contributed by atoms with E-state index in [2.05, 4.69) is 0 Å². The molecule has 0 radical (unpaired) electrons. The van der Waals surface area contributed by atoms with E-state index >= 15 is 0 Å². The number of hydrogen-bond acceptors (Lipinski definition) is 4. The molecular weight excluding hydrogens is 387 g/mol. The van der Waals surface area contributed by atoms with E-state index in [1.807, 2.05) is 0 Å². The van der Waals surface area contributed by atoms with Crippen LogP contribution in [0.1, 0.15) is 27.0 Å². The number of alkyl halides is 3. The number of ether oxygens (including phenoxy) is 1. The highest BCUT2D eigenvalue weighted by Crippen LogP contribution is 2.29. The van der Waals surface area contributed by atoms with E-state index in [4.69, 9.17) is 4.74 Å². The molecule has 5 nitrogen and oxygen atoms in total. The molecule has 0 spiro atoms. The Kier molecular flexibility index (Phi) is 5.54. The molecule has 3 rings (SSSR count). The highest BCUT2D eigenvalue weighted by atomic mass is 19.4. The van der Waals surface area contributed by atoms with Crippen LogP contribution in [0.15, 0.2) is 48.5 Å². The molecule has 2 aromatic rings. The number of benzene rings is 2. The lowest BCUT2D eigenvalue weighted by Crippen LogP contribution is -2.20. The number of esters is 1. The third-order valence-electron chi connectivity index (χ3n) is 4.47. The number of carbonyl (C=O) groups is 3. The van der Waals surface area contributed by atoms with Crippen molar-refractivity contribution in [3.05, 3.63) is 70.8 Å². The minimum atomic E-state index is -4.43. The molecule has 0 N–H and O–H groups in total. The number of rotatable bonds is 5. The van der Waals surface area contributed by atoms with Gasteiger partial charge in [0, 0.05) is 24.4 Å². The maximum absolute atomic E-state index is 12.5. The molecule has 0 atom stereocenters. The number of likely N-dealkylation sites (N-methyl/N-ethyl adjacent to an activating group) is 1. The highest BCUT2D eigenvalue weighted by Gasteiger charge is 2.29. The number of amides is 1. The summed E-state index contributed by atoms with van der Waals surface area (Å²) >= 11 is 0. The molecule has 1 heterocycles. The second-order valence-corrected chi connectivity index (χ2v) is 6.46. The maximum atomic E-state index is 12.5. The second kappa shape index (κ2) is 7.90. The Morgan fingerprint density at radius 2 is 1.83 bits per heavy atom. The first-order chi connectivity index (χ1) is 13.6. The first-order valence-electron chi connectivity index (χ1n) is 8.60. The van der Waals surface area contributed by atoms with E-state index < -0.39 is 30.1 Å². The molecule has 0 aromatic heterocycles. The van der Waals surface area contributed by atoms with Gasteiger partial charge in [0.25, 0.3) is 0 Å². The van der Waals surface area contributed by atoms with E-state index in [-0.39, 0.29) is 12.3 Å². The highest BCUT2D eigenvalue weighted by molar-refractivity contribution is 6.04. The van der Waals surface area contributed by atoms with Gasteiger partial charge in [0.1, 0.15) is 0 Å². The number of hydrogen-bond donors (Lipinski definition) is 0. The fraction of sp³-hybridized carbons (Fsp3) is 0.190. The molecule has 150 valence electrons. The summed E-state index contributed by atoms with van der Waals surface area (Å²) in [4.78, 5) is 37.2. The average Bonchev–Trinajstić information content (AvgIpc) is 2.97. The molecule has 29 heavy (non-hydrogen) atoms. The lowest BCUT2D eigenvalue weighted by Gasteiger charge is -2.10. The Balaban J connectivity index is 1.55. The molecule has 1 aliphatic heterocycles. The molecule has 2 aromatic carbocycles. The number of Topliss-reactive ketones (excluding diaryl/α,β-unsaturated/α-hetero) is 1. The zero-order valence-corrected chi connectivity index (χ0v) is 15.3. The zero-order chi connectivity index (χ0) is 21.2. The molecule has 8 heteroatoms. The molecule has 1 aliphatic rings. The van der Waals surface area contributed by atoms with Gasteiger partial charge in [-0.05, 0) is 47.5 Å². The van der Waals surface area contributed by atoms with Crippen LogP contribution in [0.3, 0.4) is 0 Å². The van der Waals surface area contributed by atoms with Crippen LogP contribution < -0.4 is 4.90 Å². The lowest BCUT2D eigenvalue weighted by atomic mass is 10.1. The summed E-state index contributed by atoms with van der Waals surface area (Å²) in [6.07, 6.45) is -1.89. The third kappa shape index (κ3) is 4.71. The third-order valence-corrected chi connectivity index (χ3v) is 4.47. The maximum Gasteiger partial charge on any atom is 0.416 e. The van der Waals surface area contributed by atoms with Gasteiger partial charge in [-0.2, -0.15) is 13.2 Å². The predicted octanol–water partition coefficient (Wildman–Crippen LogP) is 3.66. The van der Waals surface area contributed by atoms with Crippen molar-refractivity contribution in [3.63, 3.8) is 0 Å². The Labute approximate surface area is 164 Å². The van der Waals surface area contributed by atoms with Crippen LogP contribution in [-0.2, 0) is 26.9 Å². The fourth-order valence-electron chi connectivity index (χ4n) is 2.86. The van der Waals surface area contributed by atoms with Gasteiger partial charge in [-0.1, -0.05) is 12.1 Å². The largest absolute Gasteiger partial charge is 0.454 e. The minimum absolute atomic E-state index is 0.0653. The van der Waals surface area contributed by atoms with E-state index in [9.17, 15) is 27.6 Å². The Morgan fingerprint density at radius 3 is 2.48 bits per heavy atom. The number of fused-ring (bicyclic) bond motifs is 1. The molecule has 0 saturated heterocycles. The van der Waals surface area contributed by atoms with Gasteiger partial charge in [0.2, 0.25) is 5.91 Å². The van der Waals surface area contributed by atoms with Crippen LogP contribution in [0.25, 0.3) is 6.08 Å². The first-order valence-corrected chi connectivity index (χ1v) is 8.60. The van der Waals surface area contributed by atoms with Crippen LogP contribution in [-0.4, -0.2) is 31.3 Å². The summed E-state index contributed by atoms with van der Waals surface area (Å²) < 4.78 is 42.4. The topological polar surface area (TPSA) is 63.7 Å². The van der Waals surface area contributed by atoms with Gasteiger partial charge in [0.05, 0.1) is 12.0 Å². The SMILES string of the molecule is CN1C(=O)Cc2cc(C(=O)COC(=O)/C=C/c3ccc(C(F)(F)F)cc3)ccc21. The number of ketones is 1. The van der Waals surface area contributed by atoms with Crippen molar-refractivity contribution in [1.82, 2.24) is 0 Å². The number of carbonyl (C=O) groups excluding carboxylic acids is 3. The van der Waals surface area contributed by atoms with Gasteiger partial charge in [-0.25, -0.2) is 4.79 Å². The molecular formula is C21H16F3NO4. The number of anilines is 1. The summed E-state index contributed by atoms with van der Waals surface area (Å²) in [5, 5.41) is 0. The summed E-state index contributed by atoms with van der Waals surface area (Å²) in [5.74, 6) is -1.29. The van der Waals surface area contributed by atoms with E-state index in [1.54, 1.807) is 25.2 Å². The van der Waals surface area contributed by atoms with Gasteiger partial charge in [0.15, 0.2) is 12.4 Å². The Morgan fingerprint density at radius 1 is 1.14 bits per heavy atom. The quantitative estimate of drug-likeness (QED) is 0.434. The fourth-order valence-corrected chi connectivity index (χ4v) is 2.86. The van der Waals surface area contributed by atoms with Crippen LogP contribution >= 0.6 is 0 Å². The predicted molar refractivity (Wildman–Crippen MR) is 99.3 cm³/mol. The van der Waals surface area contributed by atoms with Gasteiger partial charge >= 0.3 is 12.1 Å². The number of halogens is 3. The molecule has 1 amide bonds. The summed E-state index contributed by atoms with van der Waals surface area (Å²) in [5.41, 5.74) is 1.39. The van der Waals surface area contributed by atoms with Gasteiger partial charge < -0.3 is 9.64 Å². The van der Waals surface area contributed by atoms with Gasteiger partial charge in [-0.15, -0.1) is 0 Å². The second-order valence-electron chi connectivity index (χ2n) is 6.46. The molecule has 0 aliphatic carbocycles. The number of nitrogens with zero attached hydrogens (tertiary/aromatic N) is 1. The first kappa shape index (κ1) is 20.3. The van der Waals surface area contributed by atoms with Crippen LogP contribution in [0.4, 0.5) is 18.9 Å². The van der Waals surface area contributed by atoms with Crippen molar-refractivity contribution < 1.29 is 32.3 Å². The van der Waals surface area contributed by atoms with Gasteiger partial charge in [-0.3, -0.25) is 9.59 Å². The molecule has 0 fully saturated rings. The van der Waals surface area contributed by atoms with E-state index in [0.29, 0.717) is 11.1 Å². The average molecular weight is 403 g/mol. The Bertz CT molecular complexity index is 994. The van der Waals surface area contributed by atoms with E-state index in [1.165, 1.54) is 23.1 Å². The molecule has 0 bridgehead atoms.